The van der Waals surface area contributed by atoms with Gasteiger partial charge in [-0.2, -0.15) is 0 Å². The molecule has 0 spiro atoms. The summed E-state index contributed by atoms with van der Waals surface area (Å²) in [5.41, 5.74) is 2.20. The van der Waals surface area contributed by atoms with Crippen LogP contribution in [0.2, 0.25) is 0 Å². The highest BCUT2D eigenvalue weighted by molar-refractivity contribution is 5.97. The second-order valence-electron chi connectivity index (χ2n) is 9.51. The first-order valence-electron chi connectivity index (χ1n) is 12.1. The van der Waals surface area contributed by atoms with Crippen LogP contribution in [0.3, 0.4) is 0 Å². The normalized spacial score (nSPS) is 17.2. The van der Waals surface area contributed by atoms with Crippen LogP contribution in [0, 0.1) is 11.8 Å². The Bertz CT molecular complexity index is 968. The Morgan fingerprint density at radius 3 is 2.64 bits per heavy atom. The Labute approximate surface area is 196 Å². The third-order valence-electron chi connectivity index (χ3n) is 6.68. The van der Waals surface area contributed by atoms with E-state index in [-0.39, 0.29) is 24.2 Å². The predicted molar refractivity (Wildman–Crippen MR) is 132 cm³/mol. The molecule has 1 saturated carbocycles. The summed E-state index contributed by atoms with van der Waals surface area (Å²) in [5, 5.41) is 17.9. The summed E-state index contributed by atoms with van der Waals surface area (Å²) in [6, 6.07) is 9.08. The molecule has 178 valence electrons. The van der Waals surface area contributed by atoms with Gasteiger partial charge in [0.15, 0.2) is 0 Å². The second kappa shape index (κ2) is 11.9. The fraction of sp³-hybridized carbons (Fsp3) is 0.519. The maximum Gasteiger partial charge on any atom is 0.253 e. The van der Waals surface area contributed by atoms with Crippen molar-refractivity contribution in [2.24, 2.45) is 11.8 Å². The average Bonchev–Trinajstić information content (AvgIpc) is 2.82. The van der Waals surface area contributed by atoms with Gasteiger partial charge in [-0.1, -0.05) is 55.9 Å². The third kappa shape index (κ3) is 7.13. The van der Waals surface area contributed by atoms with Crippen molar-refractivity contribution in [2.75, 3.05) is 7.05 Å². The number of nitrogens with one attached hydrogen (secondary N) is 2. The van der Waals surface area contributed by atoms with Crippen molar-refractivity contribution in [3.8, 4) is 0 Å². The number of nitrogens with zero attached hydrogens (tertiary/aromatic N) is 1. The summed E-state index contributed by atoms with van der Waals surface area (Å²) in [7, 11) is 1.61. The van der Waals surface area contributed by atoms with Crippen molar-refractivity contribution in [2.45, 2.75) is 70.4 Å². The van der Waals surface area contributed by atoms with Gasteiger partial charge in [0.05, 0.1) is 23.2 Å². The first-order valence-corrected chi connectivity index (χ1v) is 12.1. The zero-order chi connectivity index (χ0) is 23.8. The molecule has 0 radical (unpaired) electrons. The predicted octanol–water partition coefficient (Wildman–Crippen LogP) is 4.38. The fourth-order valence-corrected chi connectivity index (χ4v) is 4.90. The molecule has 3 rings (SSSR count). The smallest absolute Gasteiger partial charge is 0.253 e. The first kappa shape index (κ1) is 24.9. The number of carbonyl (C=O) groups is 2. The van der Waals surface area contributed by atoms with E-state index >= 15 is 0 Å². The van der Waals surface area contributed by atoms with Gasteiger partial charge >= 0.3 is 0 Å². The highest BCUT2D eigenvalue weighted by Gasteiger charge is 2.30. The number of amides is 2. The van der Waals surface area contributed by atoms with E-state index in [9.17, 15) is 14.7 Å². The van der Waals surface area contributed by atoms with Crippen LogP contribution in [0.5, 0.6) is 0 Å². The van der Waals surface area contributed by atoms with Crippen molar-refractivity contribution < 1.29 is 14.7 Å². The molecule has 3 atom stereocenters. The molecular formula is C27H37N3O3. The quantitative estimate of drug-likeness (QED) is 0.468. The summed E-state index contributed by atoms with van der Waals surface area (Å²) < 4.78 is 0. The molecule has 2 amide bonds. The van der Waals surface area contributed by atoms with Gasteiger partial charge in [0.1, 0.15) is 0 Å². The number of aliphatic hydroxyl groups is 1. The summed E-state index contributed by atoms with van der Waals surface area (Å²) in [4.78, 5) is 29.9. The Morgan fingerprint density at radius 2 is 1.94 bits per heavy atom. The second-order valence-corrected chi connectivity index (χ2v) is 9.51. The van der Waals surface area contributed by atoms with E-state index in [0.717, 1.165) is 29.3 Å². The van der Waals surface area contributed by atoms with Crippen LogP contribution in [0.15, 0.2) is 48.7 Å². The number of aliphatic hydroxyl groups excluding tert-OH is 1. The fourth-order valence-electron chi connectivity index (χ4n) is 4.90. The van der Waals surface area contributed by atoms with E-state index in [1.807, 2.05) is 37.3 Å². The van der Waals surface area contributed by atoms with E-state index in [1.165, 1.54) is 19.3 Å². The Kier molecular flexibility index (Phi) is 9.01. The lowest BCUT2D eigenvalue weighted by Gasteiger charge is -2.31. The average molecular weight is 452 g/mol. The molecule has 1 aliphatic rings. The lowest BCUT2D eigenvalue weighted by Crippen LogP contribution is -2.46. The number of rotatable bonds is 10. The van der Waals surface area contributed by atoms with Crippen molar-refractivity contribution >= 4 is 22.7 Å². The number of benzene rings is 1. The summed E-state index contributed by atoms with van der Waals surface area (Å²) >= 11 is 0. The highest BCUT2D eigenvalue weighted by Crippen LogP contribution is 2.29. The van der Waals surface area contributed by atoms with Gasteiger partial charge in [-0.05, 0) is 44.2 Å². The molecule has 0 saturated heterocycles. The molecule has 1 heterocycles. The van der Waals surface area contributed by atoms with Crippen LogP contribution in [0.25, 0.3) is 10.9 Å². The van der Waals surface area contributed by atoms with Crippen LogP contribution >= 0.6 is 0 Å². The molecule has 0 aliphatic heterocycles. The van der Waals surface area contributed by atoms with Crippen molar-refractivity contribution in [3.63, 3.8) is 0 Å². The van der Waals surface area contributed by atoms with Gasteiger partial charge in [-0.15, -0.1) is 6.58 Å². The number of allylic oxidation sites excluding steroid dienone is 1. The highest BCUT2D eigenvalue weighted by atomic mass is 16.3. The lowest BCUT2D eigenvalue weighted by atomic mass is 9.82. The lowest BCUT2D eigenvalue weighted by molar-refractivity contribution is -0.125. The number of para-hydroxylation sites is 1. The van der Waals surface area contributed by atoms with Gasteiger partial charge < -0.3 is 15.7 Å². The van der Waals surface area contributed by atoms with Crippen LogP contribution < -0.4 is 10.6 Å². The topological polar surface area (TPSA) is 91.3 Å². The van der Waals surface area contributed by atoms with Crippen LogP contribution in [0.4, 0.5) is 0 Å². The number of hydrogen-bond acceptors (Lipinski definition) is 4. The minimum atomic E-state index is -0.828. The van der Waals surface area contributed by atoms with Crippen molar-refractivity contribution in [1.82, 2.24) is 15.6 Å². The Balaban J connectivity index is 1.77. The van der Waals surface area contributed by atoms with Gasteiger partial charge in [-0.25, -0.2) is 0 Å². The zero-order valence-electron chi connectivity index (χ0n) is 19.8. The standard InChI is InChI=1S/C27H37N3O3/c1-18(2)13-21(26(32)28-3)16-25(31)24(14-19-9-5-4-6-10-19)30-27(33)22-15-20-11-7-8-12-23(20)29-17-22/h7-8,11-12,15,17,19,21,24-25,31H,1,4-6,9-10,13-14,16H2,2-3H3,(H,28,32)(H,30,33)/t21-,24+,25+/m1/s1. The SMILES string of the molecule is C=C(C)C[C@H](C[C@H](O)[C@H](CC1CCCCC1)NC(=O)c1cnc2ccccc2c1)C(=O)NC. The van der Waals surface area contributed by atoms with Gasteiger partial charge in [-0.3, -0.25) is 14.6 Å². The van der Waals surface area contributed by atoms with Crippen LogP contribution in [-0.4, -0.2) is 41.1 Å². The number of hydrogen-bond donors (Lipinski definition) is 3. The van der Waals surface area contributed by atoms with Gasteiger partial charge in [0, 0.05) is 24.5 Å². The summed E-state index contributed by atoms with van der Waals surface area (Å²) in [6.45, 7) is 5.82. The number of carbonyl (C=O) groups excluding carboxylic acids is 2. The van der Waals surface area contributed by atoms with E-state index in [4.69, 9.17) is 0 Å². The monoisotopic (exact) mass is 451 g/mol. The first-order chi connectivity index (χ1) is 15.9. The molecule has 6 heteroatoms. The van der Waals surface area contributed by atoms with Crippen LogP contribution in [-0.2, 0) is 4.79 Å². The molecule has 1 fully saturated rings. The minimum Gasteiger partial charge on any atom is -0.391 e. The van der Waals surface area contributed by atoms with Crippen molar-refractivity contribution in [3.05, 3.63) is 54.2 Å². The molecule has 1 aromatic heterocycles. The molecule has 1 aromatic carbocycles. The number of fused-ring (bicyclic) bond motifs is 1. The number of pyridine rings is 1. The van der Waals surface area contributed by atoms with E-state index < -0.39 is 12.1 Å². The van der Waals surface area contributed by atoms with Crippen LogP contribution in [0.1, 0.15) is 68.6 Å². The Morgan fingerprint density at radius 1 is 1.21 bits per heavy atom. The molecule has 33 heavy (non-hydrogen) atoms. The molecule has 6 nitrogen and oxygen atoms in total. The largest absolute Gasteiger partial charge is 0.391 e. The van der Waals surface area contributed by atoms with E-state index in [0.29, 0.717) is 24.3 Å². The maximum absolute atomic E-state index is 13.1. The van der Waals surface area contributed by atoms with Gasteiger partial charge in [0.2, 0.25) is 5.91 Å². The van der Waals surface area contributed by atoms with E-state index in [2.05, 4.69) is 22.2 Å². The minimum absolute atomic E-state index is 0.112. The molecule has 1 aliphatic carbocycles. The molecule has 0 bridgehead atoms. The maximum atomic E-state index is 13.1. The molecule has 3 N–H and O–H groups in total. The van der Waals surface area contributed by atoms with Gasteiger partial charge in [0.25, 0.3) is 5.91 Å². The summed E-state index contributed by atoms with van der Waals surface area (Å²) in [5.74, 6) is -0.272. The molecule has 0 unspecified atom stereocenters. The van der Waals surface area contributed by atoms with Crippen molar-refractivity contribution in [1.29, 1.82) is 0 Å². The van der Waals surface area contributed by atoms with E-state index in [1.54, 1.807) is 13.2 Å². The number of aromatic nitrogens is 1. The molecular weight excluding hydrogens is 414 g/mol. The molecule has 2 aromatic rings. The third-order valence-corrected chi connectivity index (χ3v) is 6.68. The Hall–Kier alpha value is -2.73. The summed E-state index contributed by atoms with van der Waals surface area (Å²) in [6.07, 6.45) is 8.09. The zero-order valence-corrected chi connectivity index (χ0v) is 19.8.